The molecular weight excluding hydrogens is 469 g/mol. The van der Waals surface area contributed by atoms with Crippen molar-refractivity contribution < 1.29 is 22.7 Å². The second-order valence-corrected chi connectivity index (χ2v) is 9.38. The van der Waals surface area contributed by atoms with Crippen LogP contribution in [0.5, 0.6) is 5.75 Å². The molecule has 36 heavy (non-hydrogen) atoms. The summed E-state index contributed by atoms with van der Waals surface area (Å²) in [7, 11) is 1.38. The zero-order valence-corrected chi connectivity index (χ0v) is 19.9. The Labute approximate surface area is 207 Å². The Bertz CT molecular complexity index is 1270. The van der Waals surface area contributed by atoms with E-state index in [0.29, 0.717) is 41.0 Å². The lowest BCUT2D eigenvalue weighted by Gasteiger charge is -2.28. The average Bonchev–Trinajstić information content (AvgIpc) is 3.51. The zero-order valence-electron chi connectivity index (χ0n) is 19.9. The van der Waals surface area contributed by atoms with Gasteiger partial charge in [0.2, 0.25) is 0 Å². The van der Waals surface area contributed by atoms with Crippen molar-refractivity contribution in [3.63, 3.8) is 0 Å². The maximum Gasteiger partial charge on any atom is 0.255 e. The van der Waals surface area contributed by atoms with Gasteiger partial charge in [0.1, 0.15) is 11.6 Å². The van der Waals surface area contributed by atoms with Gasteiger partial charge in [0, 0.05) is 49.2 Å². The van der Waals surface area contributed by atoms with Crippen molar-refractivity contribution in [2.45, 2.75) is 31.3 Å². The van der Waals surface area contributed by atoms with Gasteiger partial charge in [0.15, 0.2) is 11.6 Å². The van der Waals surface area contributed by atoms with Crippen LogP contribution in [-0.4, -0.2) is 43.2 Å². The molecule has 2 saturated heterocycles. The van der Waals surface area contributed by atoms with E-state index >= 15 is 0 Å². The molecule has 2 fully saturated rings. The van der Waals surface area contributed by atoms with Crippen LogP contribution in [0.15, 0.2) is 48.8 Å². The third-order valence-corrected chi connectivity index (χ3v) is 7.01. The first kappa shape index (κ1) is 24.1. The summed E-state index contributed by atoms with van der Waals surface area (Å²) in [6, 6.07) is 7.68. The Kier molecular flexibility index (Phi) is 6.57. The number of pyridine rings is 1. The summed E-state index contributed by atoms with van der Waals surface area (Å²) in [5.41, 5.74) is 2.32. The van der Waals surface area contributed by atoms with Crippen LogP contribution in [0.25, 0.3) is 11.1 Å². The summed E-state index contributed by atoms with van der Waals surface area (Å²) in [6.07, 6.45) is 6.04. The third-order valence-electron chi connectivity index (χ3n) is 7.01. The van der Waals surface area contributed by atoms with Gasteiger partial charge in [0.05, 0.1) is 18.4 Å². The van der Waals surface area contributed by atoms with Crippen molar-refractivity contribution in [1.82, 2.24) is 15.6 Å². The molecule has 1 aromatic heterocycles. The summed E-state index contributed by atoms with van der Waals surface area (Å²) in [5.74, 6) is -2.19. The van der Waals surface area contributed by atoms with Crippen molar-refractivity contribution in [2.24, 2.45) is 0 Å². The number of benzene rings is 2. The van der Waals surface area contributed by atoms with Crippen molar-refractivity contribution >= 4 is 11.6 Å². The number of methoxy groups -OCH3 is 1. The molecule has 3 aromatic rings. The highest BCUT2D eigenvalue weighted by Gasteiger charge is 2.41. The number of carbonyl (C=O) groups excluding carboxylic acids is 1. The minimum Gasteiger partial charge on any atom is -0.494 e. The number of rotatable bonds is 6. The van der Waals surface area contributed by atoms with Crippen LogP contribution in [0, 0.1) is 17.5 Å². The maximum absolute atomic E-state index is 14.1. The first-order valence-corrected chi connectivity index (χ1v) is 11.9. The van der Waals surface area contributed by atoms with E-state index in [0.717, 1.165) is 31.9 Å². The van der Waals surface area contributed by atoms with E-state index in [1.165, 1.54) is 43.8 Å². The third kappa shape index (κ3) is 4.75. The normalized spacial score (nSPS) is 19.2. The SMILES string of the molecule is COc1cc(CNC(=O)c2cncc(-c3cc(F)cc(F)c3)c2N2CCC3(CCCN3)C2)ccc1F. The lowest BCUT2D eigenvalue weighted by atomic mass is 9.96. The second-order valence-electron chi connectivity index (χ2n) is 9.38. The molecule has 2 N–H and O–H groups in total. The Morgan fingerprint density at radius 3 is 2.67 bits per heavy atom. The van der Waals surface area contributed by atoms with Gasteiger partial charge in [-0.3, -0.25) is 9.78 Å². The molecule has 3 heterocycles. The van der Waals surface area contributed by atoms with Crippen molar-refractivity contribution in [3.8, 4) is 16.9 Å². The molecule has 188 valence electrons. The number of ether oxygens (including phenoxy) is 1. The van der Waals surface area contributed by atoms with Gasteiger partial charge in [0.25, 0.3) is 5.91 Å². The summed E-state index contributed by atoms with van der Waals surface area (Å²) in [6.45, 7) is 2.45. The molecule has 1 atom stereocenters. The van der Waals surface area contributed by atoms with E-state index in [2.05, 4.69) is 20.5 Å². The van der Waals surface area contributed by atoms with Gasteiger partial charge in [-0.1, -0.05) is 6.07 Å². The van der Waals surface area contributed by atoms with E-state index in [1.807, 2.05) is 0 Å². The fourth-order valence-electron chi connectivity index (χ4n) is 5.25. The van der Waals surface area contributed by atoms with Crippen LogP contribution in [0.1, 0.15) is 35.2 Å². The summed E-state index contributed by atoms with van der Waals surface area (Å²) in [5, 5.41) is 6.46. The van der Waals surface area contributed by atoms with Crippen LogP contribution in [0.4, 0.5) is 18.9 Å². The Morgan fingerprint density at radius 1 is 1.14 bits per heavy atom. The van der Waals surface area contributed by atoms with E-state index in [1.54, 1.807) is 6.07 Å². The van der Waals surface area contributed by atoms with Crippen LogP contribution < -0.4 is 20.3 Å². The van der Waals surface area contributed by atoms with Crippen LogP contribution >= 0.6 is 0 Å². The number of halogens is 3. The zero-order chi connectivity index (χ0) is 25.3. The molecule has 1 amide bonds. The predicted octanol–water partition coefficient (Wildman–Crippen LogP) is 4.44. The van der Waals surface area contributed by atoms with E-state index < -0.39 is 17.5 Å². The molecule has 2 aliphatic heterocycles. The van der Waals surface area contributed by atoms with Crippen molar-refractivity contribution in [3.05, 3.63) is 77.4 Å². The highest BCUT2D eigenvalue weighted by Crippen LogP contribution is 2.40. The Balaban J connectivity index is 1.50. The number of nitrogens with one attached hydrogen (secondary N) is 2. The number of anilines is 1. The fraction of sp³-hybridized carbons (Fsp3) is 0.333. The largest absolute Gasteiger partial charge is 0.494 e. The highest BCUT2D eigenvalue weighted by molar-refractivity contribution is 6.03. The van der Waals surface area contributed by atoms with Crippen molar-refractivity contribution in [1.29, 1.82) is 0 Å². The van der Waals surface area contributed by atoms with Crippen LogP contribution in [0.2, 0.25) is 0 Å². The molecule has 0 radical (unpaired) electrons. The molecule has 1 unspecified atom stereocenters. The molecule has 2 aliphatic rings. The van der Waals surface area contributed by atoms with Gasteiger partial charge in [-0.15, -0.1) is 0 Å². The molecule has 9 heteroatoms. The van der Waals surface area contributed by atoms with Crippen LogP contribution in [-0.2, 0) is 6.54 Å². The Hall–Kier alpha value is -3.59. The van der Waals surface area contributed by atoms with Crippen molar-refractivity contribution in [2.75, 3.05) is 31.6 Å². The van der Waals surface area contributed by atoms with Gasteiger partial charge in [-0.25, -0.2) is 13.2 Å². The number of aromatic nitrogens is 1. The summed E-state index contributed by atoms with van der Waals surface area (Å²) in [4.78, 5) is 19.7. The van der Waals surface area contributed by atoms with E-state index in [9.17, 15) is 18.0 Å². The summed E-state index contributed by atoms with van der Waals surface area (Å²) >= 11 is 0. The number of nitrogens with zero attached hydrogens (tertiary/aromatic N) is 2. The summed E-state index contributed by atoms with van der Waals surface area (Å²) < 4.78 is 47.0. The molecule has 6 nitrogen and oxygen atoms in total. The minimum atomic E-state index is -0.702. The van der Waals surface area contributed by atoms with Crippen LogP contribution in [0.3, 0.4) is 0 Å². The second kappa shape index (κ2) is 9.81. The molecule has 0 aliphatic carbocycles. The average molecular weight is 497 g/mol. The minimum absolute atomic E-state index is 0.0356. The maximum atomic E-state index is 14.1. The molecular formula is C27H27F3N4O2. The quantitative estimate of drug-likeness (QED) is 0.529. The van der Waals surface area contributed by atoms with E-state index in [4.69, 9.17) is 4.74 Å². The number of carbonyl (C=O) groups is 1. The fourth-order valence-corrected chi connectivity index (χ4v) is 5.25. The van der Waals surface area contributed by atoms with Gasteiger partial charge in [-0.05, 0) is 61.2 Å². The lowest BCUT2D eigenvalue weighted by molar-refractivity contribution is 0.0951. The number of hydrogen-bond donors (Lipinski definition) is 2. The molecule has 2 aromatic carbocycles. The Morgan fingerprint density at radius 2 is 1.94 bits per heavy atom. The molecule has 0 bridgehead atoms. The first-order valence-electron chi connectivity index (χ1n) is 11.9. The highest BCUT2D eigenvalue weighted by atomic mass is 19.1. The molecule has 0 saturated carbocycles. The topological polar surface area (TPSA) is 66.5 Å². The predicted molar refractivity (Wildman–Crippen MR) is 131 cm³/mol. The van der Waals surface area contributed by atoms with E-state index in [-0.39, 0.29) is 23.7 Å². The smallest absolute Gasteiger partial charge is 0.255 e. The lowest BCUT2D eigenvalue weighted by Crippen LogP contribution is -2.42. The number of hydrogen-bond acceptors (Lipinski definition) is 5. The van der Waals surface area contributed by atoms with Gasteiger partial charge in [-0.2, -0.15) is 0 Å². The first-order chi connectivity index (χ1) is 17.4. The monoisotopic (exact) mass is 496 g/mol. The van der Waals surface area contributed by atoms with Gasteiger partial charge >= 0.3 is 0 Å². The number of amides is 1. The standard InChI is InChI=1S/C27H27F3N4O2/c1-36-24-9-17(3-4-23(24)30)13-32-26(35)22-15-31-14-21(18-10-19(28)12-20(29)11-18)25(22)34-8-6-27(16-34)5-2-7-33-27/h3-4,9-12,14-15,33H,2,5-8,13,16H2,1H3,(H,32,35). The molecule has 1 spiro atoms. The van der Waals surface area contributed by atoms with Gasteiger partial charge < -0.3 is 20.3 Å². The molecule has 5 rings (SSSR count).